The first-order valence-electron chi connectivity index (χ1n) is 6.71. The Morgan fingerprint density at radius 2 is 1.95 bits per heavy atom. The third-order valence-corrected chi connectivity index (χ3v) is 4.95. The maximum Gasteiger partial charge on any atom is 0.268 e. The van der Waals surface area contributed by atoms with E-state index in [-0.39, 0.29) is 5.91 Å². The highest BCUT2D eigenvalue weighted by molar-refractivity contribution is 9.10. The molecule has 3 aromatic rings. The van der Waals surface area contributed by atoms with Gasteiger partial charge >= 0.3 is 0 Å². The molecule has 0 spiro atoms. The summed E-state index contributed by atoms with van der Waals surface area (Å²) >= 11 is 4.80. The van der Waals surface area contributed by atoms with Crippen molar-refractivity contribution in [1.82, 2.24) is 4.98 Å². The Bertz CT molecular complexity index is 815. The number of carbonyl (C=O) groups is 1. The molecule has 5 heteroatoms. The Hall–Kier alpha value is -1.98. The summed E-state index contributed by atoms with van der Waals surface area (Å²) in [5.74, 6) is -0.136. The van der Waals surface area contributed by atoms with Crippen molar-refractivity contribution >= 4 is 38.9 Å². The Morgan fingerprint density at radius 3 is 2.68 bits per heavy atom. The third kappa shape index (κ3) is 3.10. The molecule has 0 aliphatic rings. The zero-order valence-electron chi connectivity index (χ0n) is 11.8. The summed E-state index contributed by atoms with van der Waals surface area (Å²) in [7, 11) is 0. The molecular weight excluding hydrogens is 360 g/mol. The van der Waals surface area contributed by atoms with Crippen LogP contribution in [0.1, 0.15) is 15.2 Å². The van der Waals surface area contributed by atoms with E-state index in [1.165, 1.54) is 11.3 Å². The van der Waals surface area contributed by atoms with E-state index in [0.29, 0.717) is 4.88 Å². The quantitative estimate of drug-likeness (QED) is 0.691. The van der Waals surface area contributed by atoms with Crippen molar-refractivity contribution in [2.75, 3.05) is 5.32 Å². The SMILES string of the molecule is Cc1cc(NC(=O)c2scnc2-c2ccccc2)ccc1Br. The molecule has 0 fully saturated rings. The van der Waals surface area contributed by atoms with E-state index < -0.39 is 0 Å². The Kier molecular flexibility index (Phi) is 4.36. The first kappa shape index (κ1) is 14.9. The number of benzene rings is 2. The average molecular weight is 373 g/mol. The molecule has 1 heterocycles. The number of hydrogen-bond donors (Lipinski definition) is 1. The summed E-state index contributed by atoms with van der Waals surface area (Å²) in [6.45, 7) is 1.99. The molecule has 0 bridgehead atoms. The van der Waals surface area contributed by atoms with Gasteiger partial charge in [-0.15, -0.1) is 11.3 Å². The third-order valence-electron chi connectivity index (χ3n) is 3.24. The van der Waals surface area contributed by atoms with Crippen LogP contribution in [0.2, 0.25) is 0 Å². The van der Waals surface area contributed by atoms with E-state index in [1.807, 2.05) is 55.5 Å². The van der Waals surface area contributed by atoms with Gasteiger partial charge in [-0.05, 0) is 30.7 Å². The summed E-state index contributed by atoms with van der Waals surface area (Å²) in [6.07, 6.45) is 0. The van der Waals surface area contributed by atoms with Gasteiger partial charge in [-0.3, -0.25) is 4.79 Å². The molecule has 1 amide bonds. The van der Waals surface area contributed by atoms with Gasteiger partial charge in [-0.2, -0.15) is 0 Å². The molecule has 110 valence electrons. The molecule has 22 heavy (non-hydrogen) atoms. The number of amides is 1. The summed E-state index contributed by atoms with van der Waals surface area (Å²) in [4.78, 5) is 17.5. The molecule has 3 rings (SSSR count). The predicted octanol–water partition coefficient (Wildman–Crippen LogP) is 5.13. The molecule has 0 aliphatic carbocycles. The molecule has 1 N–H and O–H groups in total. The van der Waals surface area contributed by atoms with Gasteiger partial charge in [0, 0.05) is 15.7 Å². The number of hydrogen-bond acceptors (Lipinski definition) is 3. The van der Waals surface area contributed by atoms with Crippen LogP contribution in [0.25, 0.3) is 11.3 Å². The van der Waals surface area contributed by atoms with Crippen molar-refractivity contribution in [3.63, 3.8) is 0 Å². The number of aromatic nitrogens is 1. The number of halogens is 1. The van der Waals surface area contributed by atoms with Crippen molar-refractivity contribution in [1.29, 1.82) is 0 Å². The lowest BCUT2D eigenvalue weighted by atomic mass is 10.1. The number of carbonyl (C=O) groups excluding carboxylic acids is 1. The second-order valence-electron chi connectivity index (χ2n) is 4.81. The maximum atomic E-state index is 12.5. The molecule has 0 saturated heterocycles. The van der Waals surface area contributed by atoms with Crippen molar-refractivity contribution in [3.8, 4) is 11.3 Å². The van der Waals surface area contributed by atoms with Gasteiger partial charge in [-0.25, -0.2) is 4.98 Å². The van der Waals surface area contributed by atoms with Gasteiger partial charge in [0.15, 0.2) is 0 Å². The monoisotopic (exact) mass is 372 g/mol. The summed E-state index contributed by atoms with van der Waals surface area (Å²) in [6, 6.07) is 15.5. The summed E-state index contributed by atoms with van der Waals surface area (Å²) in [5.41, 5.74) is 5.21. The fraction of sp³-hybridized carbons (Fsp3) is 0.0588. The van der Waals surface area contributed by atoms with E-state index in [9.17, 15) is 4.79 Å². The van der Waals surface area contributed by atoms with Gasteiger partial charge in [0.1, 0.15) is 4.88 Å². The van der Waals surface area contributed by atoms with E-state index in [4.69, 9.17) is 0 Å². The van der Waals surface area contributed by atoms with Crippen LogP contribution in [0, 0.1) is 6.92 Å². The Labute approximate surface area is 141 Å². The van der Waals surface area contributed by atoms with Gasteiger partial charge in [0.25, 0.3) is 5.91 Å². The van der Waals surface area contributed by atoms with Crippen LogP contribution in [-0.2, 0) is 0 Å². The molecule has 1 aromatic heterocycles. The standard InChI is InChI=1S/C17H13BrN2OS/c1-11-9-13(7-8-14(11)18)20-17(21)16-15(19-10-22-16)12-5-3-2-4-6-12/h2-10H,1H3,(H,20,21). The van der Waals surface area contributed by atoms with E-state index in [1.54, 1.807) is 5.51 Å². The lowest BCUT2D eigenvalue weighted by molar-refractivity contribution is 0.103. The molecular formula is C17H13BrN2OS. The van der Waals surface area contributed by atoms with Gasteiger partial charge in [-0.1, -0.05) is 46.3 Å². The van der Waals surface area contributed by atoms with Crippen LogP contribution >= 0.6 is 27.3 Å². The van der Waals surface area contributed by atoms with Crippen LogP contribution in [0.4, 0.5) is 5.69 Å². The van der Waals surface area contributed by atoms with Crippen molar-refractivity contribution in [2.45, 2.75) is 6.92 Å². The fourth-order valence-electron chi connectivity index (χ4n) is 2.12. The molecule has 0 aliphatic heterocycles. The van der Waals surface area contributed by atoms with Crippen LogP contribution in [0.3, 0.4) is 0 Å². The van der Waals surface area contributed by atoms with E-state index in [2.05, 4.69) is 26.2 Å². The minimum atomic E-state index is -0.136. The summed E-state index contributed by atoms with van der Waals surface area (Å²) in [5, 5.41) is 2.93. The summed E-state index contributed by atoms with van der Waals surface area (Å²) < 4.78 is 1.02. The molecule has 0 radical (unpaired) electrons. The first-order chi connectivity index (χ1) is 10.6. The minimum absolute atomic E-state index is 0.136. The van der Waals surface area contributed by atoms with Crippen LogP contribution in [-0.4, -0.2) is 10.9 Å². The molecule has 0 unspecified atom stereocenters. The number of nitrogens with one attached hydrogen (secondary N) is 1. The fourth-order valence-corrected chi connectivity index (χ4v) is 3.07. The zero-order chi connectivity index (χ0) is 15.5. The van der Waals surface area contributed by atoms with Crippen molar-refractivity contribution in [3.05, 3.63) is 69.0 Å². The first-order valence-corrected chi connectivity index (χ1v) is 8.39. The largest absolute Gasteiger partial charge is 0.321 e. The second-order valence-corrected chi connectivity index (χ2v) is 6.52. The average Bonchev–Trinajstić information content (AvgIpc) is 3.01. The number of nitrogens with zero attached hydrogens (tertiary/aromatic N) is 1. The van der Waals surface area contributed by atoms with E-state index >= 15 is 0 Å². The minimum Gasteiger partial charge on any atom is -0.321 e. The van der Waals surface area contributed by atoms with Crippen LogP contribution in [0.5, 0.6) is 0 Å². The highest BCUT2D eigenvalue weighted by Crippen LogP contribution is 2.27. The highest BCUT2D eigenvalue weighted by Gasteiger charge is 2.16. The lowest BCUT2D eigenvalue weighted by Gasteiger charge is -2.07. The normalized spacial score (nSPS) is 10.5. The maximum absolute atomic E-state index is 12.5. The van der Waals surface area contributed by atoms with E-state index in [0.717, 1.165) is 27.0 Å². The van der Waals surface area contributed by atoms with Gasteiger partial charge in [0.2, 0.25) is 0 Å². The highest BCUT2D eigenvalue weighted by atomic mass is 79.9. The Morgan fingerprint density at radius 1 is 1.18 bits per heavy atom. The van der Waals surface area contributed by atoms with Crippen LogP contribution in [0.15, 0.2) is 58.5 Å². The molecule has 3 nitrogen and oxygen atoms in total. The number of aryl methyl sites for hydroxylation is 1. The van der Waals surface area contributed by atoms with Gasteiger partial charge < -0.3 is 5.32 Å². The second kappa shape index (κ2) is 6.42. The topological polar surface area (TPSA) is 42.0 Å². The molecule has 0 atom stereocenters. The van der Waals surface area contributed by atoms with Crippen molar-refractivity contribution < 1.29 is 4.79 Å². The van der Waals surface area contributed by atoms with Gasteiger partial charge in [0.05, 0.1) is 11.2 Å². The number of rotatable bonds is 3. The predicted molar refractivity (Wildman–Crippen MR) is 94.4 cm³/mol. The molecule has 0 saturated carbocycles. The molecule has 2 aromatic carbocycles. The zero-order valence-corrected chi connectivity index (χ0v) is 14.2. The van der Waals surface area contributed by atoms with Crippen molar-refractivity contribution in [2.24, 2.45) is 0 Å². The Balaban J connectivity index is 1.87. The smallest absolute Gasteiger partial charge is 0.268 e. The lowest BCUT2D eigenvalue weighted by Crippen LogP contribution is -2.11. The van der Waals surface area contributed by atoms with Crippen LogP contribution < -0.4 is 5.32 Å². The number of thiazole rings is 1. The number of anilines is 1.